The lowest BCUT2D eigenvalue weighted by Crippen LogP contribution is -2.30. The van der Waals surface area contributed by atoms with Crippen LogP contribution in [0.2, 0.25) is 0 Å². The Morgan fingerprint density at radius 2 is 1.90 bits per heavy atom. The molecule has 0 aliphatic carbocycles. The molecule has 1 aliphatic rings. The predicted molar refractivity (Wildman–Crippen MR) is 74.3 cm³/mol. The number of sulfonamides is 1. The van der Waals surface area contributed by atoms with Crippen LogP contribution in [-0.4, -0.2) is 49.8 Å². The summed E-state index contributed by atoms with van der Waals surface area (Å²) in [6.45, 7) is 0.172. The van der Waals surface area contributed by atoms with Crippen molar-refractivity contribution in [1.82, 2.24) is 9.62 Å². The molecular formula is C13H16N2O5S. The molecule has 0 unspecified atom stereocenters. The van der Waals surface area contributed by atoms with E-state index in [0.717, 1.165) is 0 Å². The molecule has 1 saturated heterocycles. The van der Waals surface area contributed by atoms with E-state index in [9.17, 15) is 18.0 Å². The van der Waals surface area contributed by atoms with Gasteiger partial charge >= 0.3 is 5.97 Å². The highest BCUT2D eigenvalue weighted by atomic mass is 32.2. The van der Waals surface area contributed by atoms with Crippen molar-refractivity contribution in [3.8, 4) is 0 Å². The van der Waals surface area contributed by atoms with E-state index in [4.69, 9.17) is 5.11 Å². The first-order valence-corrected chi connectivity index (χ1v) is 7.85. The van der Waals surface area contributed by atoms with Gasteiger partial charge in [0.05, 0.1) is 10.8 Å². The standard InChI is InChI=1S/C13H16N2O5S/c1-14-12(16)9-2-4-11(5-3-9)21(19,20)15-7-6-10(8-15)13(17)18/h2-5,10H,6-8H2,1H3,(H,14,16)(H,17,18)/t10-/m0/s1. The maximum Gasteiger partial charge on any atom is 0.307 e. The zero-order chi connectivity index (χ0) is 15.6. The molecule has 114 valence electrons. The van der Waals surface area contributed by atoms with E-state index >= 15 is 0 Å². The maximum atomic E-state index is 12.4. The molecule has 2 rings (SSSR count). The van der Waals surface area contributed by atoms with Gasteiger partial charge in [-0.1, -0.05) is 0 Å². The van der Waals surface area contributed by atoms with Crippen molar-refractivity contribution in [2.45, 2.75) is 11.3 Å². The van der Waals surface area contributed by atoms with Crippen molar-refractivity contribution in [2.75, 3.05) is 20.1 Å². The van der Waals surface area contributed by atoms with Crippen LogP contribution in [0.3, 0.4) is 0 Å². The second-order valence-corrected chi connectivity index (χ2v) is 6.73. The third kappa shape index (κ3) is 3.06. The lowest BCUT2D eigenvalue weighted by Gasteiger charge is -2.16. The summed E-state index contributed by atoms with van der Waals surface area (Å²) in [4.78, 5) is 22.4. The molecule has 1 amide bonds. The lowest BCUT2D eigenvalue weighted by molar-refractivity contribution is -0.141. The first kappa shape index (κ1) is 15.5. The summed E-state index contributed by atoms with van der Waals surface area (Å²) >= 11 is 0. The first-order valence-electron chi connectivity index (χ1n) is 6.41. The van der Waals surface area contributed by atoms with Crippen LogP contribution < -0.4 is 5.32 Å². The maximum absolute atomic E-state index is 12.4. The van der Waals surface area contributed by atoms with Gasteiger partial charge in [-0.15, -0.1) is 0 Å². The number of carbonyl (C=O) groups excluding carboxylic acids is 1. The first-order chi connectivity index (χ1) is 9.86. The fourth-order valence-corrected chi connectivity index (χ4v) is 3.72. The molecule has 1 fully saturated rings. The van der Waals surface area contributed by atoms with Gasteiger partial charge in [0.2, 0.25) is 10.0 Å². The van der Waals surface area contributed by atoms with E-state index in [1.807, 2.05) is 0 Å². The average molecular weight is 312 g/mol. The van der Waals surface area contributed by atoms with Gasteiger partial charge in [-0.2, -0.15) is 4.31 Å². The second kappa shape index (κ2) is 5.82. The smallest absolute Gasteiger partial charge is 0.307 e. The average Bonchev–Trinajstić information content (AvgIpc) is 2.97. The Morgan fingerprint density at radius 3 is 2.38 bits per heavy atom. The molecule has 0 aromatic heterocycles. The highest BCUT2D eigenvalue weighted by Crippen LogP contribution is 2.24. The minimum absolute atomic E-state index is 0.0190. The lowest BCUT2D eigenvalue weighted by atomic mass is 10.1. The molecule has 0 bridgehead atoms. The summed E-state index contributed by atoms with van der Waals surface area (Å²) in [7, 11) is -2.23. The SMILES string of the molecule is CNC(=O)c1ccc(S(=O)(=O)N2CC[C@H](C(=O)O)C2)cc1. The molecule has 1 atom stereocenters. The van der Waals surface area contributed by atoms with Crippen LogP contribution in [0.25, 0.3) is 0 Å². The number of aliphatic carboxylic acids is 1. The van der Waals surface area contributed by atoms with E-state index in [0.29, 0.717) is 12.0 Å². The zero-order valence-electron chi connectivity index (χ0n) is 11.4. The van der Waals surface area contributed by atoms with Gasteiger partial charge in [0, 0.05) is 25.7 Å². The highest BCUT2D eigenvalue weighted by Gasteiger charge is 2.35. The third-order valence-corrected chi connectivity index (χ3v) is 5.36. The number of hydrogen-bond donors (Lipinski definition) is 2. The molecule has 7 nitrogen and oxygen atoms in total. The van der Waals surface area contributed by atoms with Crippen LogP contribution in [0.1, 0.15) is 16.8 Å². The number of amides is 1. The van der Waals surface area contributed by atoms with E-state index in [1.165, 1.54) is 35.6 Å². The molecule has 1 heterocycles. The number of nitrogens with zero attached hydrogens (tertiary/aromatic N) is 1. The van der Waals surface area contributed by atoms with E-state index in [-0.39, 0.29) is 23.9 Å². The predicted octanol–water partition coefficient (Wildman–Crippen LogP) is 0.141. The topological polar surface area (TPSA) is 104 Å². The second-order valence-electron chi connectivity index (χ2n) is 4.79. The van der Waals surface area contributed by atoms with Crippen molar-refractivity contribution < 1.29 is 23.1 Å². The van der Waals surface area contributed by atoms with Crippen LogP contribution in [0.5, 0.6) is 0 Å². The Hall–Kier alpha value is -1.93. The monoisotopic (exact) mass is 312 g/mol. The molecule has 8 heteroatoms. The molecule has 21 heavy (non-hydrogen) atoms. The molecule has 0 saturated carbocycles. The Morgan fingerprint density at radius 1 is 1.29 bits per heavy atom. The molecule has 0 radical (unpaired) electrons. The van der Waals surface area contributed by atoms with Crippen molar-refractivity contribution in [1.29, 1.82) is 0 Å². The largest absolute Gasteiger partial charge is 0.481 e. The summed E-state index contributed by atoms with van der Waals surface area (Å²) in [5.41, 5.74) is 0.362. The molecule has 0 spiro atoms. The summed E-state index contributed by atoms with van der Waals surface area (Å²) in [6.07, 6.45) is 0.310. The zero-order valence-corrected chi connectivity index (χ0v) is 12.3. The van der Waals surface area contributed by atoms with E-state index in [2.05, 4.69) is 5.32 Å². The number of carboxylic acid groups (broad SMARTS) is 1. The normalized spacial score (nSPS) is 19.4. The van der Waals surface area contributed by atoms with Crippen LogP contribution in [-0.2, 0) is 14.8 Å². The fraction of sp³-hybridized carbons (Fsp3) is 0.385. The van der Waals surface area contributed by atoms with Gasteiger partial charge in [0.1, 0.15) is 0 Å². The van der Waals surface area contributed by atoms with E-state index in [1.54, 1.807) is 0 Å². The Kier molecular flexibility index (Phi) is 4.29. The molecular weight excluding hydrogens is 296 g/mol. The van der Waals surface area contributed by atoms with Crippen molar-refractivity contribution in [3.05, 3.63) is 29.8 Å². The van der Waals surface area contributed by atoms with Crippen LogP contribution in [0.4, 0.5) is 0 Å². The third-order valence-electron chi connectivity index (χ3n) is 3.48. The van der Waals surface area contributed by atoms with Gasteiger partial charge in [-0.25, -0.2) is 8.42 Å². The minimum Gasteiger partial charge on any atom is -0.481 e. The van der Waals surface area contributed by atoms with Crippen LogP contribution in [0, 0.1) is 5.92 Å². The van der Waals surface area contributed by atoms with Crippen molar-refractivity contribution in [3.63, 3.8) is 0 Å². The summed E-state index contributed by atoms with van der Waals surface area (Å²) in [6, 6.07) is 5.56. The van der Waals surface area contributed by atoms with Gasteiger partial charge in [0.25, 0.3) is 5.91 Å². The van der Waals surface area contributed by atoms with Gasteiger partial charge in [-0.3, -0.25) is 9.59 Å². The Labute approximate surface area is 122 Å². The number of nitrogens with one attached hydrogen (secondary N) is 1. The van der Waals surface area contributed by atoms with Crippen molar-refractivity contribution >= 4 is 21.9 Å². The fourth-order valence-electron chi connectivity index (χ4n) is 2.22. The summed E-state index contributed by atoms with van der Waals surface area (Å²) < 4.78 is 25.9. The van der Waals surface area contributed by atoms with Crippen LogP contribution >= 0.6 is 0 Å². The Balaban J connectivity index is 2.21. The Bertz CT molecular complexity index is 654. The van der Waals surface area contributed by atoms with Crippen LogP contribution in [0.15, 0.2) is 29.2 Å². The van der Waals surface area contributed by atoms with Gasteiger partial charge < -0.3 is 10.4 Å². The number of hydrogen-bond acceptors (Lipinski definition) is 4. The summed E-state index contributed by atoms with van der Waals surface area (Å²) in [5, 5.41) is 11.4. The number of benzene rings is 1. The minimum atomic E-state index is -3.72. The van der Waals surface area contributed by atoms with Gasteiger partial charge in [0.15, 0.2) is 0 Å². The number of carbonyl (C=O) groups is 2. The van der Waals surface area contributed by atoms with Gasteiger partial charge in [-0.05, 0) is 30.7 Å². The van der Waals surface area contributed by atoms with E-state index < -0.39 is 21.9 Å². The number of rotatable bonds is 4. The molecule has 1 aromatic rings. The summed E-state index contributed by atoms with van der Waals surface area (Å²) in [5.74, 6) is -1.95. The molecule has 2 N–H and O–H groups in total. The van der Waals surface area contributed by atoms with Crippen molar-refractivity contribution in [2.24, 2.45) is 5.92 Å². The molecule has 1 aliphatic heterocycles. The molecule has 1 aromatic carbocycles. The quantitative estimate of drug-likeness (QED) is 0.823. The highest BCUT2D eigenvalue weighted by molar-refractivity contribution is 7.89. The number of carboxylic acids is 1.